The average Bonchev–Trinajstić information content (AvgIpc) is 2.35. The van der Waals surface area contributed by atoms with E-state index in [2.05, 4.69) is 10.1 Å². The van der Waals surface area contributed by atoms with Crippen molar-refractivity contribution < 1.29 is 32.2 Å². The Morgan fingerprint density at radius 1 is 1.32 bits per heavy atom. The molecule has 0 heterocycles. The van der Waals surface area contributed by atoms with Crippen molar-refractivity contribution in [3.8, 4) is 5.75 Å². The molecular formula is C14H17F4NO3. The minimum atomic E-state index is -4.91. The first kappa shape index (κ1) is 18.2. The molecule has 0 saturated carbocycles. The molecule has 8 heteroatoms. The molecule has 0 aliphatic heterocycles. The summed E-state index contributed by atoms with van der Waals surface area (Å²) in [7, 11) is 0. The largest absolute Gasteiger partial charge is 0.573 e. The van der Waals surface area contributed by atoms with Crippen LogP contribution < -0.4 is 10.1 Å². The third-order valence-electron chi connectivity index (χ3n) is 3.11. The number of carboxylic acids is 1. The lowest BCUT2D eigenvalue weighted by atomic mass is 9.90. The molecule has 1 aromatic carbocycles. The van der Waals surface area contributed by atoms with Gasteiger partial charge in [0.1, 0.15) is 11.6 Å². The monoisotopic (exact) mass is 323 g/mol. The molecule has 0 aliphatic carbocycles. The van der Waals surface area contributed by atoms with Gasteiger partial charge in [0.25, 0.3) is 0 Å². The molecule has 2 N–H and O–H groups in total. The van der Waals surface area contributed by atoms with Crippen molar-refractivity contribution in [2.45, 2.75) is 33.2 Å². The number of benzene rings is 1. The summed E-state index contributed by atoms with van der Waals surface area (Å²) in [5.41, 5.74) is -1.24. The van der Waals surface area contributed by atoms with E-state index < -0.39 is 29.3 Å². The Morgan fingerprint density at radius 2 is 1.95 bits per heavy atom. The van der Waals surface area contributed by atoms with E-state index in [9.17, 15) is 22.4 Å². The summed E-state index contributed by atoms with van der Waals surface area (Å²) in [5, 5.41) is 11.7. The van der Waals surface area contributed by atoms with E-state index in [-0.39, 0.29) is 25.1 Å². The van der Waals surface area contributed by atoms with Crippen molar-refractivity contribution in [3.63, 3.8) is 0 Å². The van der Waals surface area contributed by atoms with Gasteiger partial charge in [-0.15, -0.1) is 13.2 Å². The summed E-state index contributed by atoms with van der Waals surface area (Å²) in [6, 6.07) is 3.17. The molecule has 0 unspecified atom stereocenters. The standard InChI is InChI=1S/C14H17F4NO3/c1-13(2,12(20)21)6-7-19-8-9-10(15)4-3-5-11(9)22-14(16,17)18/h3-5,19H,6-8H2,1-2H3,(H,20,21). The van der Waals surface area contributed by atoms with Crippen molar-refractivity contribution >= 4 is 5.97 Å². The van der Waals surface area contributed by atoms with Crippen LogP contribution in [0.4, 0.5) is 17.6 Å². The zero-order chi connectivity index (χ0) is 17.0. The summed E-state index contributed by atoms with van der Waals surface area (Å²) in [5.74, 6) is -2.43. The van der Waals surface area contributed by atoms with Gasteiger partial charge in [0.15, 0.2) is 0 Å². The summed E-state index contributed by atoms with van der Waals surface area (Å²) in [6.45, 7) is 3.06. The lowest BCUT2D eigenvalue weighted by Crippen LogP contribution is -2.29. The fourth-order valence-corrected chi connectivity index (χ4v) is 1.65. The highest BCUT2D eigenvalue weighted by molar-refractivity contribution is 5.73. The van der Waals surface area contributed by atoms with Crippen molar-refractivity contribution in [3.05, 3.63) is 29.6 Å². The van der Waals surface area contributed by atoms with Crippen LogP contribution in [0.2, 0.25) is 0 Å². The molecule has 0 radical (unpaired) electrons. The van der Waals surface area contributed by atoms with E-state index in [1.54, 1.807) is 0 Å². The fourth-order valence-electron chi connectivity index (χ4n) is 1.65. The molecular weight excluding hydrogens is 306 g/mol. The first-order valence-electron chi connectivity index (χ1n) is 6.50. The van der Waals surface area contributed by atoms with E-state index in [0.717, 1.165) is 18.2 Å². The van der Waals surface area contributed by atoms with Crippen molar-refractivity contribution in [1.82, 2.24) is 5.32 Å². The third-order valence-corrected chi connectivity index (χ3v) is 3.11. The van der Waals surface area contributed by atoms with Crippen LogP contribution in [0.15, 0.2) is 18.2 Å². The maximum Gasteiger partial charge on any atom is 0.573 e. The second kappa shape index (κ2) is 6.95. The molecule has 124 valence electrons. The average molecular weight is 323 g/mol. The van der Waals surface area contributed by atoms with Gasteiger partial charge >= 0.3 is 12.3 Å². The minimum absolute atomic E-state index is 0.201. The molecule has 0 spiro atoms. The summed E-state index contributed by atoms with van der Waals surface area (Å²) < 4.78 is 54.2. The lowest BCUT2D eigenvalue weighted by Gasteiger charge is -2.19. The van der Waals surface area contributed by atoms with E-state index in [1.165, 1.54) is 13.8 Å². The SMILES string of the molecule is CC(C)(CCNCc1c(F)cccc1OC(F)(F)F)C(=O)O. The van der Waals surface area contributed by atoms with Crippen molar-refractivity contribution in [1.29, 1.82) is 0 Å². The van der Waals surface area contributed by atoms with E-state index in [0.29, 0.717) is 0 Å². The number of aliphatic carboxylic acids is 1. The van der Waals surface area contributed by atoms with Gasteiger partial charge in [0.2, 0.25) is 0 Å². The van der Waals surface area contributed by atoms with Gasteiger partial charge in [-0.3, -0.25) is 4.79 Å². The molecule has 1 rings (SSSR count). The van der Waals surface area contributed by atoms with Gasteiger partial charge in [-0.05, 0) is 38.9 Å². The number of hydrogen-bond donors (Lipinski definition) is 2. The van der Waals surface area contributed by atoms with Crippen LogP contribution in [-0.4, -0.2) is 24.0 Å². The number of hydrogen-bond acceptors (Lipinski definition) is 3. The van der Waals surface area contributed by atoms with Gasteiger partial charge in [-0.1, -0.05) is 6.07 Å². The smallest absolute Gasteiger partial charge is 0.481 e. The molecule has 0 atom stereocenters. The Bertz CT molecular complexity index is 529. The number of carboxylic acid groups (broad SMARTS) is 1. The second-order valence-electron chi connectivity index (χ2n) is 5.38. The Kier molecular flexibility index (Phi) is 5.76. The van der Waals surface area contributed by atoms with Crippen LogP contribution in [0, 0.1) is 11.2 Å². The van der Waals surface area contributed by atoms with E-state index in [4.69, 9.17) is 5.11 Å². The molecule has 0 bridgehead atoms. The number of rotatable bonds is 7. The van der Waals surface area contributed by atoms with E-state index >= 15 is 0 Å². The van der Waals surface area contributed by atoms with Crippen LogP contribution in [0.3, 0.4) is 0 Å². The molecule has 4 nitrogen and oxygen atoms in total. The molecule has 0 amide bonds. The Balaban J connectivity index is 2.68. The second-order valence-corrected chi connectivity index (χ2v) is 5.38. The summed E-state index contributed by atoms with van der Waals surface area (Å²) >= 11 is 0. The topological polar surface area (TPSA) is 58.6 Å². The van der Waals surface area contributed by atoms with Gasteiger partial charge in [-0.25, -0.2) is 4.39 Å². The molecule has 0 fully saturated rings. The van der Waals surface area contributed by atoms with Crippen LogP contribution in [-0.2, 0) is 11.3 Å². The number of halogens is 4. The minimum Gasteiger partial charge on any atom is -0.481 e. The summed E-state index contributed by atoms with van der Waals surface area (Å²) in [4.78, 5) is 10.9. The zero-order valence-corrected chi connectivity index (χ0v) is 12.1. The number of nitrogens with one attached hydrogen (secondary N) is 1. The molecule has 22 heavy (non-hydrogen) atoms. The van der Waals surface area contributed by atoms with Crippen molar-refractivity contribution in [2.24, 2.45) is 5.41 Å². The Labute approximate surface area is 125 Å². The molecule has 0 saturated heterocycles. The fraction of sp³-hybridized carbons (Fsp3) is 0.500. The van der Waals surface area contributed by atoms with Crippen LogP contribution in [0.5, 0.6) is 5.75 Å². The first-order valence-corrected chi connectivity index (χ1v) is 6.50. The molecule has 0 aromatic heterocycles. The Hall–Kier alpha value is -1.83. The van der Waals surface area contributed by atoms with Gasteiger partial charge in [-0.2, -0.15) is 0 Å². The summed E-state index contributed by atoms with van der Waals surface area (Å²) in [6.07, 6.45) is -4.67. The number of carbonyl (C=O) groups is 1. The molecule has 0 aliphatic rings. The zero-order valence-electron chi connectivity index (χ0n) is 12.1. The normalized spacial score (nSPS) is 12.3. The van der Waals surface area contributed by atoms with Crippen LogP contribution in [0.1, 0.15) is 25.8 Å². The maximum absolute atomic E-state index is 13.6. The number of ether oxygens (including phenoxy) is 1. The van der Waals surface area contributed by atoms with Crippen LogP contribution in [0.25, 0.3) is 0 Å². The predicted molar refractivity (Wildman–Crippen MR) is 70.8 cm³/mol. The maximum atomic E-state index is 13.6. The van der Waals surface area contributed by atoms with Crippen molar-refractivity contribution in [2.75, 3.05) is 6.54 Å². The lowest BCUT2D eigenvalue weighted by molar-refractivity contribution is -0.275. The Morgan fingerprint density at radius 3 is 2.50 bits per heavy atom. The molecule has 1 aromatic rings. The highest BCUT2D eigenvalue weighted by Crippen LogP contribution is 2.28. The highest BCUT2D eigenvalue weighted by atomic mass is 19.4. The van der Waals surface area contributed by atoms with Gasteiger partial charge in [0.05, 0.1) is 5.41 Å². The quantitative estimate of drug-likeness (QED) is 0.597. The first-order chi connectivity index (χ1) is 10.0. The van der Waals surface area contributed by atoms with Crippen LogP contribution >= 0.6 is 0 Å². The number of alkyl halides is 3. The third kappa shape index (κ3) is 5.51. The van der Waals surface area contributed by atoms with Gasteiger partial charge in [0, 0.05) is 12.1 Å². The highest BCUT2D eigenvalue weighted by Gasteiger charge is 2.32. The predicted octanol–water partition coefficient (Wildman–Crippen LogP) is 3.31. The van der Waals surface area contributed by atoms with Gasteiger partial charge < -0.3 is 15.2 Å². The van der Waals surface area contributed by atoms with E-state index in [1.807, 2.05) is 0 Å².